The van der Waals surface area contributed by atoms with Gasteiger partial charge in [0.05, 0.1) is 29.8 Å². The molecule has 0 fully saturated rings. The van der Waals surface area contributed by atoms with Crippen molar-refractivity contribution in [3.63, 3.8) is 0 Å². The molecule has 2 atom stereocenters. The van der Waals surface area contributed by atoms with Gasteiger partial charge in [0.2, 0.25) is 0 Å². The molecule has 0 unspecified atom stereocenters. The van der Waals surface area contributed by atoms with Crippen molar-refractivity contribution >= 4 is 43.1 Å². The zero-order valence-corrected chi connectivity index (χ0v) is 27.1. The monoisotopic (exact) mass is 634 g/mol. The number of esters is 1. The smallest absolute Gasteiger partial charge is 0.407 e. The van der Waals surface area contributed by atoms with E-state index in [1.165, 1.54) is 10.2 Å². The van der Waals surface area contributed by atoms with Gasteiger partial charge in [-0.3, -0.25) is 4.18 Å². The maximum absolute atomic E-state index is 14.1. The van der Waals surface area contributed by atoms with Crippen LogP contribution < -0.4 is 5.32 Å². The van der Waals surface area contributed by atoms with E-state index in [1.54, 1.807) is 71.0 Å². The average molecular weight is 635 g/mol. The van der Waals surface area contributed by atoms with E-state index in [-0.39, 0.29) is 11.3 Å². The number of ether oxygens (including phenoxy) is 2. The van der Waals surface area contributed by atoms with Crippen molar-refractivity contribution < 1.29 is 40.1 Å². The van der Waals surface area contributed by atoms with Gasteiger partial charge in [-0.05, 0) is 76.8 Å². The van der Waals surface area contributed by atoms with E-state index in [1.807, 2.05) is 6.92 Å². The molecule has 0 saturated carbocycles. The Kier molecular flexibility index (Phi) is 10.1. The SMILES string of the molecule is COC(=O)/C=C/[C@@H](OS(C)(=O)=O)[C@H](Cc1cn(S(=O)(=O)c2c(C)cc(C)cc2C)c2ccccc12)NC(=O)OC(C)(C)C. The van der Waals surface area contributed by atoms with Gasteiger partial charge < -0.3 is 14.8 Å². The van der Waals surface area contributed by atoms with Crippen molar-refractivity contribution in [3.05, 3.63) is 77.0 Å². The third-order valence-electron chi connectivity index (χ3n) is 6.33. The predicted octanol–water partition coefficient (Wildman–Crippen LogP) is 4.31. The van der Waals surface area contributed by atoms with Gasteiger partial charge in [0.25, 0.3) is 20.1 Å². The summed E-state index contributed by atoms with van der Waals surface area (Å²) in [7, 11) is -7.01. The van der Waals surface area contributed by atoms with E-state index in [2.05, 4.69) is 10.1 Å². The van der Waals surface area contributed by atoms with Crippen LogP contribution >= 0.6 is 0 Å². The average Bonchev–Trinajstić information content (AvgIpc) is 3.22. The molecule has 234 valence electrons. The Morgan fingerprint density at radius 2 is 1.63 bits per heavy atom. The fraction of sp³-hybridized carbons (Fsp3) is 0.400. The Morgan fingerprint density at radius 3 is 2.19 bits per heavy atom. The van der Waals surface area contributed by atoms with Crippen LogP contribution in [0, 0.1) is 20.8 Å². The second kappa shape index (κ2) is 12.9. The maximum Gasteiger partial charge on any atom is 0.407 e. The highest BCUT2D eigenvalue weighted by atomic mass is 32.2. The van der Waals surface area contributed by atoms with E-state index in [0.717, 1.165) is 31.1 Å². The summed E-state index contributed by atoms with van der Waals surface area (Å²) in [6.07, 6.45) is 2.07. The minimum atomic E-state index is -4.09. The third-order valence-corrected chi connectivity index (χ3v) is 8.88. The van der Waals surface area contributed by atoms with Crippen LogP contribution in [-0.2, 0) is 45.0 Å². The highest BCUT2D eigenvalue weighted by Gasteiger charge is 2.31. The Balaban J connectivity index is 2.20. The number of aryl methyl sites for hydroxylation is 3. The van der Waals surface area contributed by atoms with Crippen LogP contribution in [0.2, 0.25) is 0 Å². The number of benzene rings is 2. The predicted molar refractivity (Wildman–Crippen MR) is 163 cm³/mol. The van der Waals surface area contributed by atoms with Gasteiger partial charge in [0.1, 0.15) is 11.7 Å². The number of carbonyl (C=O) groups is 2. The van der Waals surface area contributed by atoms with Gasteiger partial charge in [-0.2, -0.15) is 8.42 Å². The van der Waals surface area contributed by atoms with Crippen molar-refractivity contribution in [1.29, 1.82) is 0 Å². The highest BCUT2D eigenvalue weighted by Crippen LogP contribution is 2.31. The lowest BCUT2D eigenvalue weighted by molar-refractivity contribution is -0.134. The van der Waals surface area contributed by atoms with Crippen LogP contribution in [-0.4, -0.2) is 64.0 Å². The standard InChI is InChI=1S/C30H38N2O9S2/c1-19-15-20(2)28(21(3)16-19)43(37,38)32-18-22(23-11-9-10-12-25(23)32)17-24(31-29(34)40-30(4,5)6)26(41-42(8,35)36)13-14-27(33)39-7/h9-16,18,24,26H,17H2,1-8H3,(H,31,34)/b14-13+/t24-,26+/m0/s1. The molecule has 3 rings (SSSR count). The summed E-state index contributed by atoms with van der Waals surface area (Å²) in [5, 5.41) is 3.20. The van der Waals surface area contributed by atoms with Gasteiger partial charge in [0, 0.05) is 17.7 Å². The first-order chi connectivity index (χ1) is 19.8. The number of nitrogens with one attached hydrogen (secondary N) is 1. The van der Waals surface area contributed by atoms with Crippen molar-refractivity contribution in [1.82, 2.24) is 9.29 Å². The van der Waals surface area contributed by atoms with Crippen LogP contribution in [0.5, 0.6) is 0 Å². The van der Waals surface area contributed by atoms with Crippen LogP contribution in [0.15, 0.2) is 59.6 Å². The molecular formula is C30H38N2O9S2. The number of alkyl carbamates (subject to hydrolysis) is 1. The third kappa shape index (κ3) is 8.68. The minimum absolute atomic E-state index is 0.0974. The van der Waals surface area contributed by atoms with Crippen molar-refractivity contribution in [2.75, 3.05) is 13.4 Å². The largest absolute Gasteiger partial charge is 0.466 e. The van der Waals surface area contributed by atoms with Crippen molar-refractivity contribution in [3.8, 4) is 0 Å². The number of nitrogens with zero attached hydrogens (tertiary/aromatic N) is 1. The lowest BCUT2D eigenvalue weighted by Crippen LogP contribution is -2.47. The van der Waals surface area contributed by atoms with Gasteiger partial charge in [-0.25, -0.2) is 22.0 Å². The number of hydrogen-bond donors (Lipinski definition) is 1. The van der Waals surface area contributed by atoms with Gasteiger partial charge in [0.15, 0.2) is 0 Å². The normalized spacial score (nSPS) is 14.0. The molecule has 1 N–H and O–H groups in total. The summed E-state index contributed by atoms with van der Waals surface area (Å²) >= 11 is 0. The highest BCUT2D eigenvalue weighted by molar-refractivity contribution is 7.90. The molecule has 1 heterocycles. The topological polar surface area (TPSA) is 147 Å². The molecule has 0 aliphatic rings. The Morgan fingerprint density at radius 1 is 1.02 bits per heavy atom. The molecule has 0 aliphatic carbocycles. The Labute approximate surface area is 253 Å². The van der Waals surface area contributed by atoms with E-state index in [9.17, 15) is 26.4 Å². The first-order valence-electron chi connectivity index (χ1n) is 13.4. The van der Waals surface area contributed by atoms with Crippen LogP contribution in [0.3, 0.4) is 0 Å². The molecule has 0 bridgehead atoms. The molecule has 1 aromatic heterocycles. The second-order valence-electron chi connectivity index (χ2n) is 11.3. The van der Waals surface area contributed by atoms with Crippen LogP contribution in [0.1, 0.15) is 43.0 Å². The number of carbonyl (C=O) groups excluding carboxylic acids is 2. The molecule has 43 heavy (non-hydrogen) atoms. The molecule has 0 saturated heterocycles. The molecule has 3 aromatic rings. The minimum Gasteiger partial charge on any atom is -0.466 e. The summed E-state index contributed by atoms with van der Waals surface area (Å²) < 4.78 is 69.1. The van der Waals surface area contributed by atoms with Gasteiger partial charge in [-0.15, -0.1) is 0 Å². The molecular weight excluding hydrogens is 596 g/mol. The summed E-state index contributed by atoms with van der Waals surface area (Å²) in [5.41, 5.74) is 2.10. The first kappa shape index (κ1) is 33.8. The fourth-order valence-corrected chi connectivity index (χ4v) is 7.29. The maximum atomic E-state index is 14.1. The van der Waals surface area contributed by atoms with Crippen molar-refractivity contribution in [2.24, 2.45) is 0 Å². The van der Waals surface area contributed by atoms with E-state index >= 15 is 0 Å². The molecule has 0 radical (unpaired) electrons. The molecule has 2 aromatic carbocycles. The molecule has 0 spiro atoms. The molecule has 0 aliphatic heterocycles. The van der Waals surface area contributed by atoms with E-state index < -0.39 is 50.0 Å². The summed E-state index contributed by atoms with van der Waals surface area (Å²) in [6, 6.07) is 9.30. The number of para-hydroxylation sites is 1. The number of amides is 1. The zero-order chi connectivity index (χ0) is 32.3. The van der Waals surface area contributed by atoms with Gasteiger partial charge >= 0.3 is 12.1 Å². The Bertz CT molecular complexity index is 1740. The Hall–Kier alpha value is -3.68. The molecule has 1 amide bonds. The summed E-state index contributed by atoms with van der Waals surface area (Å²) in [5.74, 6) is -0.773. The number of rotatable bonds is 10. The lowest BCUT2D eigenvalue weighted by Gasteiger charge is -2.27. The number of aromatic nitrogens is 1. The van der Waals surface area contributed by atoms with Gasteiger partial charge in [-0.1, -0.05) is 35.9 Å². The number of hydrogen-bond acceptors (Lipinski definition) is 9. The lowest BCUT2D eigenvalue weighted by atomic mass is 10.0. The van der Waals surface area contributed by atoms with E-state index in [0.29, 0.717) is 27.6 Å². The molecule has 11 nitrogen and oxygen atoms in total. The second-order valence-corrected chi connectivity index (χ2v) is 14.7. The van der Waals surface area contributed by atoms with Crippen LogP contribution in [0.4, 0.5) is 4.79 Å². The summed E-state index contributed by atoms with van der Waals surface area (Å²) in [6.45, 7) is 10.4. The number of methoxy groups -OCH3 is 1. The van der Waals surface area contributed by atoms with Crippen molar-refractivity contribution in [2.45, 2.75) is 70.6 Å². The number of fused-ring (bicyclic) bond motifs is 1. The van der Waals surface area contributed by atoms with Crippen LogP contribution in [0.25, 0.3) is 10.9 Å². The van der Waals surface area contributed by atoms with E-state index in [4.69, 9.17) is 8.92 Å². The zero-order valence-electron chi connectivity index (χ0n) is 25.5. The summed E-state index contributed by atoms with van der Waals surface area (Å²) in [4.78, 5) is 24.9. The first-order valence-corrected chi connectivity index (χ1v) is 16.6. The fourth-order valence-electron chi connectivity index (χ4n) is 4.87. The molecule has 13 heteroatoms. The quantitative estimate of drug-likeness (QED) is 0.196.